The van der Waals surface area contributed by atoms with E-state index in [9.17, 15) is 13.2 Å². The van der Waals surface area contributed by atoms with Crippen LogP contribution < -0.4 is 20.9 Å². The van der Waals surface area contributed by atoms with Gasteiger partial charge in [0.05, 0.1) is 27.6 Å². The number of benzene rings is 2. The molecule has 0 spiro atoms. The molecule has 0 atom stereocenters. The molecule has 0 amide bonds. The number of sulfone groups is 1. The van der Waals surface area contributed by atoms with Gasteiger partial charge in [-0.1, -0.05) is 34.7 Å². The number of alkyl halides is 1. The Hall–Kier alpha value is -3.23. The van der Waals surface area contributed by atoms with Crippen LogP contribution >= 0.6 is 22.6 Å². The Morgan fingerprint density at radius 3 is 2.57 bits per heavy atom. The van der Waals surface area contributed by atoms with E-state index in [-0.39, 0.29) is 22.5 Å². The molecule has 3 N–H and O–H groups in total. The summed E-state index contributed by atoms with van der Waals surface area (Å²) in [6, 6.07) is 10.5. The number of pyridine rings is 1. The third-order valence-corrected chi connectivity index (χ3v) is 10.2. The van der Waals surface area contributed by atoms with Crippen LogP contribution in [0.5, 0.6) is 5.75 Å². The molecule has 4 aromatic rings. The van der Waals surface area contributed by atoms with Gasteiger partial charge >= 0.3 is 0 Å². The lowest BCUT2D eigenvalue weighted by Gasteiger charge is -2.26. The van der Waals surface area contributed by atoms with Crippen molar-refractivity contribution >= 4 is 66.3 Å². The zero-order valence-corrected chi connectivity index (χ0v) is 27.3. The van der Waals surface area contributed by atoms with E-state index >= 15 is 0 Å². The van der Waals surface area contributed by atoms with Crippen LogP contribution in [-0.2, 0) is 27.2 Å². The van der Waals surface area contributed by atoms with Gasteiger partial charge in [-0.25, -0.2) is 13.4 Å². The summed E-state index contributed by atoms with van der Waals surface area (Å²) in [6.45, 7) is 8.82. The Morgan fingerprint density at radius 1 is 1.10 bits per heavy atom. The molecule has 42 heavy (non-hydrogen) atoms. The summed E-state index contributed by atoms with van der Waals surface area (Å²) in [6.07, 6.45) is 2.43. The highest BCUT2D eigenvalue weighted by atomic mass is 127. The minimum absolute atomic E-state index is 0.106. The zero-order chi connectivity index (χ0) is 30.2. The van der Waals surface area contributed by atoms with Gasteiger partial charge in [0.25, 0.3) is 5.56 Å². The minimum Gasteiger partial charge on any atom is -0.489 e. The number of ether oxygens (including phenoxy) is 1. The van der Waals surface area contributed by atoms with Crippen molar-refractivity contribution in [2.45, 2.75) is 61.3 Å². The standard InChI is InChI=1S/C30H35IN6O4S/c1-17(2)41-26-13-21-20-10-11-37(5)16-25(20)34-29(38)22(21)12-24(26)35-30-32-15-19(14-31)28(36-30)33-23-8-6-7-9-27(23)42(39,40)18(3)4/h6-9,12-13,15,17-18H,10-11,14,16H2,1-5H3,(H,34,38)(H2,32,33,35,36). The first-order chi connectivity index (χ1) is 20.0. The van der Waals surface area contributed by atoms with Crippen molar-refractivity contribution in [2.24, 2.45) is 0 Å². The van der Waals surface area contributed by atoms with E-state index in [2.05, 4.69) is 48.1 Å². The van der Waals surface area contributed by atoms with Crippen molar-refractivity contribution in [3.63, 3.8) is 0 Å². The van der Waals surface area contributed by atoms with Gasteiger partial charge in [-0.15, -0.1) is 0 Å². The molecule has 0 unspecified atom stereocenters. The van der Waals surface area contributed by atoms with Crippen LogP contribution in [0.15, 0.2) is 52.3 Å². The van der Waals surface area contributed by atoms with Crippen molar-refractivity contribution < 1.29 is 13.2 Å². The molecule has 1 aliphatic heterocycles. The number of nitrogens with one attached hydrogen (secondary N) is 3. The Bertz CT molecular complexity index is 1810. The molecule has 3 heterocycles. The predicted molar refractivity (Wildman–Crippen MR) is 175 cm³/mol. The topological polar surface area (TPSA) is 129 Å². The monoisotopic (exact) mass is 702 g/mol. The second kappa shape index (κ2) is 12.2. The number of H-pyrrole nitrogens is 1. The molecule has 0 bridgehead atoms. The third kappa shape index (κ3) is 6.11. The third-order valence-electron chi connectivity index (χ3n) is 7.17. The average molecular weight is 703 g/mol. The van der Waals surface area contributed by atoms with Crippen LogP contribution in [0.1, 0.15) is 44.5 Å². The van der Waals surface area contributed by atoms with Crippen LogP contribution in [0, 0.1) is 0 Å². The number of halogens is 1. The van der Waals surface area contributed by atoms with E-state index < -0.39 is 15.1 Å². The highest BCUT2D eigenvalue weighted by Crippen LogP contribution is 2.36. The zero-order valence-electron chi connectivity index (χ0n) is 24.3. The van der Waals surface area contributed by atoms with E-state index in [1.54, 1.807) is 50.4 Å². The number of aromatic nitrogens is 3. The number of anilines is 4. The number of aromatic amines is 1. The molecule has 2 aromatic heterocycles. The molecule has 0 aliphatic carbocycles. The minimum atomic E-state index is -3.53. The molecule has 2 aromatic carbocycles. The van der Waals surface area contributed by atoms with Gasteiger partial charge < -0.3 is 25.3 Å². The summed E-state index contributed by atoms with van der Waals surface area (Å²) < 4.78 is 32.9. The molecule has 10 nitrogen and oxygen atoms in total. The highest BCUT2D eigenvalue weighted by Gasteiger charge is 2.24. The number of hydrogen-bond acceptors (Lipinski definition) is 9. The summed E-state index contributed by atoms with van der Waals surface area (Å²) in [5.41, 5.74) is 3.72. The number of fused-ring (bicyclic) bond motifs is 3. The fourth-order valence-corrected chi connectivity index (χ4v) is 6.73. The van der Waals surface area contributed by atoms with Gasteiger partial charge in [0.15, 0.2) is 9.84 Å². The highest BCUT2D eigenvalue weighted by molar-refractivity contribution is 14.1. The van der Waals surface area contributed by atoms with Gasteiger partial charge in [-0.3, -0.25) is 4.79 Å². The maximum absolute atomic E-state index is 13.2. The maximum atomic E-state index is 13.2. The smallest absolute Gasteiger partial charge is 0.256 e. The number of para-hydroxylation sites is 1. The van der Waals surface area contributed by atoms with Crippen LogP contribution in [0.4, 0.5) is 23.1 Å². The summed E-state index contributed by atoms with van der Waals surface area (Å²) >= 11 is 2.22. The summed E-state index contributed by atoms with van der Waals surface area (Å²) in [5, 5.41) is 7.36. The fourth-order valence-electron chi connectivity index (χ4n) is 4.97. The van der Waals surface area contributed by atoms with Gasteiger partial charge in [0, 0.05) is 40.4 Å². The van der Waals surface area contributed by atoms with Crippen LogP contribution in [0.3, 0.4) is 0 Å². The maximum Gasteiger partial charge on any atom is 0.256 e. The Morgan fingerprint density at radius 2 is 1.86 bits per heavy atom. The van der Waals surface area contributed by atoms with E-state index in [4.69, 9.17) is 9.72 Å². The van der Waals surface area contributed by atoms with Crippen molar-refractivity contribution in [1.29, 1.82) is 0 Å². The van der Waals surface area contributed by atoms with E-state index in [0.717, 1.165) is 35.2 Å². The molecule has 0 saturated heterocycles. The molecule has 5 rings (SSSR count). The molecule has 12 heteroatoms. The van der Waals surface area contributed by atoms with E-state index in [1.165, 1.54) is 0 Å². The number of nitrogens with zero attached hydrogens (tertiary/aromatic N) is 3. The fraction of sp³-hybridized carbons (Fsp3) is 0.367. The molecule has 222 valence electrons. The Balaban J connectivity index is 1.56. The van der Waals surface area contributed by atoms with Crippen molar-refractivity contribution in [1.82, 2.24) is 19.9 Å². The molecule has 1 aliphatic rings. The number of hydrogen-bond donors (Lipinski definition) is 3. The van der Waals surface area contributed by atoms with Crippen molar-refractivity contribution in [2.75, 3.05) is 24.2 Å². The first kappa shape index (κ1) is 30.2. The van der Waals surface area contributed by atoms with Gasteiger partial charge in [-0.2, -0.15) is 4.98 Å². The largest absolute Gasteiger partial charge is 0.489 e. The molecule has 0 saturated carbocycles. The number of rotatable bonds is 9. The first-order valence-electron chi connectivity index (χ1n) is 13.8. The average Bonchev–Trinajstić information content (AvgIpc) is 2.93. The van der Waals surface area contributed by atoms with E-state index in [1.807, 2.05) is 27.0 Å². The molecule has 0 radical (unpaired) electrons. The van der Waals surface area contributed by atoms with Gasteiger partial charge in [-0.05, 0) is 76.4 Å². The summed E-state index contributed by atoms with van der Waals surface area (Å²) in [7, 11) is -1.49. The van der Waals surface area contributed by atoms with Crippen LogP contribution in [0.2, 0.25) is 0 Å². The SMILES string of the molecule is CC(C)Oc1cc2c3c([nH]c(=O)c2cc1Nc1ncc(CI)c(Nc2ccccc2S(=O)(=O)C(C)C)n1)CN(C)CC3. The van der Waals surface area contributed by atoms with Gasteiger partial charge in [0.2, 0.25) is 5.95 Å². The lowest BCUT2D eigenvalue weighted by molar-refractivity contribution is 0.244. The Kier molecular flexibility index (Phi) is 8.76. The Labute approximate surface area is 259 Å². The second-order valence-electron chi connectivity index (χ2n) is 11.0. The van der Waals surface area contributed by atoms with Crippen LogP contribution in [-0.4, -0.2) is 53.2 Å². The van der Waals surface area contributed by atoms with Gasteiger partial charge in [0.1, 0.15) is 11.6 Å². The van der Waals surface area contributed by atoms with E-state index in [0.29, 0.717) is 39.3 Å². The number of likely N-dealkylation sites (N-methyl/N-ethyl adjacent to an activating group) is 1. The lowest BCUT2D eigenvalue weighted by Crippen LogP contribution is -2.29. The van der Waals surface area contributed by atoms with Crippen molar-refractivity contribution in [3.8, 4) is 5.75 Å². The lowest BCUT2D eigenvalue weighted by atomic mass is 9.97. The van der Waals surface area contributed by atoms with Crippen LogP contribution in [0.25, 0.3) is 10.8 Å². The second-order valence-corrected chi connectivity index (χ2v) is 14.2. The van der Waals surface area contributed by atoms with Crippen molar-refractivity contribution in [3.05, 3.63) is 69.8 Å². The first-order valence-corrected chi connectivity index (χ1v) is 16.9. The quantitative estimate of drug-likeness (QED) is 0.149. The molecular weight excluding hydrogens is 667 g/mol. The summed E-state index contributed by atoms with van der Waals surface area (Å²) in [5.74, 6) is 1.35. The molecular formula is C30H35IN6O4S. The normalized spacial score (nSPS) is 13.9. The molecule has 0 fully saturated rings. The predicted octanol–water partition coefficient (Wildman–Crippen LogP) is 5.70. The summed E-state index contributed by atoms with van der Waals surface area (Å²) in [4.78, 5) is 27.9.